The highest BCUT2D eigenvalue weighted by Gasteiger charge is 2.18. The van der Waals surface area contributed by atoms with Crippen LogP contribution >= 0.6 is 11.3 Å². The zero-order chi connectivity index (χ0) is 20.4. The Morgan fingerprint density at radius 1 is 1.03 bits per heavy atom. The molecule has 1 saturated heterocycles. The Morgan fingerprint density at radius 3 is 2.48 bits per heavy atom. The third kappa shape index (κ3) is 5.00. The fourth-order valence-electron chi connectivity index (χ4n) is 3.66. The third-order valence-corrected chi connectivity index (χ3v) is 6.61. The molecule has 6 heteroatoms. The van der Waals surface area contributed by atoms with Crippen LogP contribution in [0.2, 0.25) is 0 Å². The fraction of sp³-hybridized carbons (Fsp3) is 0.435. The van der Waals surface area contributed by atoms with Gasteiger partial charge in [-0.05, 0) is 52.6 Å². The van der Waals surface area contributed by atoms with Gasteiger partial charge in [-0.25, -0.2) is 15.0 Å². The van der Waals surface area contributed by atoms with E-state index in [1.54, 1.807) is 11.3 Å². The van der Waals surface area contributed by atoms with Gasteiger partial charge in [0.15, 0.2) is 5.13 Å². The van der Waals surface area contributed by atoms with Crippen molar-refractivity contribution in [2.75, 3.05) is 18.4 Å². The zero-order valence-corrected chi connectivity index (χ0v) is 18.5. The second kappa shape index (κ2) is 8.59. The number of rotatable bonds is 5. The Kier molecular flexibility index (Phi) is 5.92. The van der Waals surface area contributed by atoms with Gasteiger partial charge in [0, 0.05) is 23.1 Å². The highest BCUT2D eigenvalue weighted by molar-refractivity contribution is 7.15. The molecule has 29 heavy (non-hydrogen) atoms. The number of nitrogens with one attached hydrogen (secondary N) is 1. The number of likely N-dealkylation sites (tertiary alicyclic amines) is 1. The minimum Gasteiger partial charge on any atom is -0.316 e. The maximum absolute atomic E-state index is 4.75. The Balaban J connectivity index is 1.50. The first-order valence-corrected chi connectivity index (χ1v) is 11.2. The van der Waals surface area contributed by atoms with Crippen molar-refractivity contribution >= 4 is 22.3 Å². The normalized spacial score (nSPS) is 15.6. The number of benzene rings is 1. The maximum atomic E-state index is 4.75. The SMILES string of the molecule is Cc1ccc(-c2cc(Nc3nc(C)c(CN4CCC(C)CC4)s3)nc(C)n2)cc1. The van der Waals surface area contributed by atoms with Crippen LogP contribution in [0.15, 0.2) is 30.3 Å². The van der Waals surface area contributed by atoms with E-state index in [1.807, 2.05) is 13.0 Å². The molecule has 3 aromatic rings. The number of nitrogens with zero attached hydrogens (tertiary/aromatic N) is 4. The summed E-state index contributed by atoms with van der Waals surface area (Å²) in [5.41, 5.74) is 4.38. The van der Waals surface area contributed by atoms with Crippen LogP contribution in [0.1, 0.15) is 41.7 Å². The summed E-state index contributed by atoms with van der Waals surface area (Å²) < 4.78 is 0. The van der Waals surface area contributed by atoms with Gasteiger partial charge < -0.3 is 5.32 Å². The van der Waals surface area contributed by atoms with Gasteiger partial charge in [0.25, 0.3) is 0 Å². The summed E-state index contributed by atoms with van der Waals surface area (Å²) in [5, 5.41) is 4.31. The Morgan fingerprint density at radius 2 is 1.76 bits per heavy atom. The minimum absolute atomic E-state index is 0.751. The molecule has 1 aromatic carbocycles. The lowest BCUT2D eigenvalue weighted by atomic mass is 9.99. The largest absolute Gasteiger partial charge is 0.316 e. The lowest BCUT2D eigenvalue weighted by molar-refractivity contribution is 0.186. The third-order valence-electron chi connectivity index (χ3n) is 5.56. The molecule has 0 bridgehead atoms. The minimum atomic E-state index is 0.751. The van der Waals surface area contributed by atoms with Crippen LogP contribution < -0.4 is 5.32 Å². The molecule has 1 N–H and O–H groups in total. The van der Waals surface area contributed by atoms with E-state index in [0.29, 0.717) is 0 Å². The fourth-order valence-corrected chi connectivity index (χ4v) is 4.68. The molecule has 1 aliphatic heterocycles. The smallest absolute Gasteiger partial charge is 0.188 e. The molecule has 152 valence electrons. The second-order valence-corrected chi connectivity index (χ2v) is 9.25. The van der Waals surface area contributed by atoms with Gasteiger partial charge in [-0.15, -0.1) is 11.3 Å². The topological polar surface area (TPSA) is 53.9 Å². The maximum Gasteiger partial charge on any atom is 0.188 e. The number of anilines is 2. The molecular formula is C23H29N5S. The van der Waals surface area contributed by atoms with Crippen molar-refractivity contribution in [3.63, 3.8) is 0 Å². The summed E-state index contributed by atoms with van der Waals surface area (Å²) in [5.74, 6) is 2.40. The molecular weight excluding hydrogens is 378 g/mol. The molecule has 0 spiro atoms. The lowest BCUT2D eigenvalue weighted by Gasteiger charge is -2.29. The van der Waals surface area contributed by atoms with Crippen LogP contribution in [0, 0.1) is 26.7 Å². The summed E-state index contributed by atoms with van der Waals surface area (Å²) >= 11 is 1.73. The van der Waals surface area contributed by atoms with Crippen molar-refractivity contribution in [1.82, 2.24) is 19.9 Å². The van der Waals surface area contributed by atoms with Crippen molar-refractivity contribution in [1.29, 1.82) is 0 Å². The number of hydrogen-bond acceptors (Lipinski definition) is 6. The molecule has 4 rings (SSSR count). The average molecular weight is 408 g/mol. The Hall–Kier alpha value is -2.31. The number of thiazole rings is 1. The van der Waals surface area contributed by atoms with Gasteiger partial charge in [-0.2, -0.15) is 0 Å². The van der Waals surface area contributed by atoms with Crippen molar-refractivity contribution < 1.29 is 0 Å². The van der Waals surface area contributed by atoms with Gasteiger partial charge in [0.1, 0.15) is 11.6 Å². The van der Waals surface area contributed by atoms with Crippen LogP contribution in [0.4, 0.5) is 10.9 Å². The van der Waals surface area contributed by atoms with E-state index in [1.165, 1.54) is 36.4 Å². The first-order chi connectivity index (χ1) is 14.0. The molecule has 3 heterocycles. The first kappa shape index (κ1) is 20.0. The molecule has 0 unspecified atom stereocenters. The predicted octanol–water partition coefficient (Wildman–Crippen LogP) is 5.50. The molecule has 0 atom stereocenters. The van der Waals surface area contributed by atoms with Crippen molar-refractivity contribution in [2.24, 2.45) is 5.92 Å². The molecule has 0 amide bonds. The van der Waals surface area contributed by atoms with Crippen LogP contribution in [0.25, 0.3) is 11.3 Å². The number of piperidine rings is 1. The van der Waals surface area contributed by atoms with Gasteiger partial charge in [0.2, 0.25) is 0 Å². The highest BCUT2D eigenvalue weighted by atomic mass is 32.1. The van der Waals surface area contributed by atoms with Gasteiger partial charge in [-0.1, -0.05) is 36.8 Å². The summed E-state index contributed by atoms with van der Waals surface area (Å²) in [6.07, 6.45) is 2.59. The van der Waals surface area contributed by atoms with Crippen LogP contribution in [-0.2, 0) is 6.54 Å². The average Bonchev–Trinajstić information content (AvgIpc) is 3.02. The molecule has 0 saturated carbocycles. The summed E-state index contributed by atoms with van der Waals surface area (Å²) in [7, 11) is 0. The molecule has 2 aromatic heterocycles. The van der Waals surface area contributed by atoms with Crippen LogP contribution in [-0.4, -0.2) is 32.9 Å². The van der Waals surface area contributed by atoms with E-state index in [-0.39, 0.29) is 0 Å². The lowest BCUT2D eigenvalue weighted by Crippen LogP contribution is -2.32. The molecule has 1 fully saturated rings. The summed E-state index contributed by atoms with van der Waals surface area (Å²) in [6, 6.07) is 10.4. The zero-order valence-electron chi connectivity index (χ0n) is 17.7. The van der Waals surface area contributed by atoms with E-state index in [9.17, 15) is 0 Å². The predicted molar refractivity (Wildman–Crippen MR) is 121 cm³/mol. The van der Waals surface area contributed by atoms with Crippen LogP contribution in [0.5, 0.6) is 0 Å². The van der Waals surface area contributed by atoms with Crippen molar-refractivity contribution in [2.45, 2.75) is 47.1 Å². The molecule has 1 aliphatic rings. The summed E-state index contributed by atoms with van der Waals surface area (Å²) in [4.78, 5) is 17.8. The quantitative estimate of drug-likeness (QED) is 0.605. The van der Waals surface area contributed by atoms with Crippen molar-refractivity contribution in [3.05, 3.63) is 52.3 Å². The Bertz CT molecular complexity index is 971. The van der Waals surface area contributed by atoms with E-state index < -0.39 is 0 Å². The first-order valence-electron chi connectivity index (χ1n) is 10.3. The van der Waals surface area contributed by atoms with Gasteiger partial charge in [-0.3, -0.25) is 4.90 Å². The van der Waals surface area contributed by atoms with Crippen molar-refractivity contribution in [3.8, 4) is 11.3 Å². The number of hydrogen-bond donors (Lipinski definition) is 1. The number of aryl methyl sites for hydroxylation is 3. The van der Waals surface area contributed by atoms with E-state index in [4.69, 9.17) is 4.98 Å². The molecule has 5 nitrogen and oxygen atoms in total. The summed E-state index contributed by atoms with van der Waals surface area (Å²) in [6.45, 7) is 11.8. The molecule has 0 aliphatic carbocycles. The second-order valence-electron chi connectivity index (χ2n) is 8.16. The van der Waals surface area contributed by atoms with E-state index in [0.717, 1.165) is 46.2 Å². The highest BCUT2D eigenvalue weighted by Crippen LogP contribution is 2.29. The van der Waals surface area contributed by atoms with E-state index in [2.05, 4.69) is 65.2 Å². The standard InChI is InChI=1S/C23H29N5S/c1-15-5-7-19(8-6-15)20-13-22(26-18(4)25-20)27-23-24-17(3)21(29-23)14-28-11-9-16(2)10-12-28/h5-8,13,16H,9-12,14H2,1-4H3,(H,24,25,26,27). The van der Waals surface area contributed by atoms with Gasteiger partial charge >= 0.3 is 0 Å². The van der Waals surface area contributed by atoms with Gasteiger partial charge in [0.05, 0.1) is 11.4 Å². The Labute approximate surface area is 177 Å². The van der Waals surface area contributed by atoms with Crippen LogP contribution in [0.3, 0.4) is 0 Å². The number of aromatic nitrogens is 3. The molecule has 0 radical (unpaired) electrons. The monoisotopic (exact) mass is 407 g/mol. The van der Waals surface area contributed by atoms with E-state index >= 15 is 0 Å².